The van der Waals surface area contributed by atoms with Crippen LogP contribution in [0.4, 0.5) is 0 Å². The topological polar surface area (TPSA) is 41.9 Å². The van der Waals surface area contributed by atoms with Gasteiger partial charge in [0, 0.05) is 35.3 Å². The first-order valence-electron chi connectivity index (χ1n) is 9.05. The van der Waals surface area contributed by atoms with Crippen LogP contribution in [-0.2, 0) is 16.1 Å². The van der Waals surface area contributed by atoms with Gasteiger partial charge in [-0.2, -0.15) is 0 Å². The van der Waals surface area contributed by atoms with Crippen molar-refractivity contribution in [2.75, 3.05) is 26.3 Å². The Labute approximate surface area is 153 Å². The molecular formula is C20H25NO3S. The highest BCUT2D eigenvalue weighted by Crippen LogP contribution is 2.31. The van der Waals surface area contributed by atoms with E-state index in [1.807, 2.05) is 6.07 Å². The molecule has 0 bridgehead atoms. The standard InChI is InChI=1S/C20H25NO3S/c22-19-13-16(12-18(19)21-8-10-23-11-9-21)24-14-17-6-7-20(25-17)15-4-2-1-3-5-15/h1-7,16,18-19,22H,8-14H2/t16-,18-,19-/m1/s1. The molecular weight excluding hydrogens is 334 g/mol. The summed E-state index contributed by atoms with van der Waals surface area (Å²) in [5, 5.41) is 10.4. The molecule has 134 valence electrons. The predicted molar refractivity (Wildman–Crippen MR) is 99.8 cm³/mol. The summed E-state index contributed by atoms with van der Waals surface area (Å²) >= 11 is 1.78. The van der Waals surface area contributed by atoms with Gasteiger partial charge in [-0.25, -0.2) is 0 Å². The zero-order chi connectivity index (χ0) is 17.1. The van der Waals surface area contributed by atoms with Crippen LogP contribution in [0.2, 0.25) is 0 Å². The Kier molecular flexibility index (Phi) is 5.48. The molecule has 2 aromatic rings. The van der Waals surface area contributed by atoms with Gasteiger partial charge in [-0.3, -0.25) is 4.90 Å². The molecule has 1 saturated carbocycles. The molecule has 0 unspecified atom stereocenters. The number of rotatable bonds is 5. The van der Waals surface area contributed by atoms with Crippen LogP contribution in [0.15, 0.2) is 42.5 Å². The third-order valence-electron chi connectivity index (χ3n) is 5.15. The maximum absolute atomic E-state index is 10.4. The molecule has 0 radical (unpaired) electrons. The summed E-state index contributed by atoms with van der Waals surface area (Å²) in [6.07, 6.45) is 1.51. The lowest BCUT2D eigenvalue weighted by Gasteiger charge is -2.33. The fraction of sp³-hybridized carbons (Fsp3) is 0.500. The van der Waals surface area contributed by atoms with Gasteiger partial charge in [0.25, 0.3) is 0 Å². The van der Waals surface area contributed by atoms with Crippen molar-refractivity contribution in [1.82, 2.24) is 4.90 Å². The number of nitrogens with zero attached hydrogens (tertiary/aromatic N) is 1. The van der Waals surface area contributed by atoms with Crippen LogP contribution in [0.25, 0.3) is 10.4 Å². The van der Waals surface area contributed by atoms with Gasteiger partial charge in [-0.1, -0.05) is 30.3 Å². The van der Waals surface area contributed by atoms with E-state index in [9.17, 15) is 5.11 Å². The average Bonchev–Trinajstić information content (AvgIpc) is 3.28. The number of hydrogen-bond acceptors (Lipinski definition) is 5. The molecule has 2 aliphatic rings. The summed E-state index contributed by atoms with van der Waals surface area (Å²) in [4.78, 5) is 4.87. The maximum Gasteiger partial charge on any atom is 0.0813 e. The van der Waals surface area contributed by atoms with Crippen LogP contribution in [0, 0.1) is 0 Å². The van der Waals surface area contributed by atoms with Crippen LogP contribution in [0.3, 0.4) is 0 Å². The molecule has 3 atom stereocenters. The van der Waals surface area contributed by atoms with Crippen LogP contribution in [-0.4, -0.2) is 54.6 Å². The second-order valence-corrected chi connectivity index (χ2v) is 7.99. The minimum atomic E-state index is -0.286. The summed E-state index contributed by atoms with van der Waals surface area (Å²) in [7, 11) is 0. The first-order valence-corrected chi connectivity index (χ1v) is 9.87. The molecule has 1 aromatic carbocycles. The van der Waals surface area contributed by atoms with Gasteiger partial charge in [0.2, 0.25) is 0 Å². The zero-order valence-corrected chi connectivity index (χ0v) is 15.2. The molecule has 4 rings (SSSR count). The molecule has 4 nitrogen and oxygen atoms in total. The predicted octanol–water partition coefficient (Wildman–Crippen LogP) is 3.16. The third-order valence-corrected chi connectivity index (χ3v) is 6.26. The number of hydrogen-bond donors (Lipinski definition) is 1. The van der Waals surface area contributed by atoms with Gasteiger partial charge in [0.15, 0.2) is 0 Å². The average molecular weight is 359 g/mol. The smallest absolute Gasteiger partial charge is 0.0813 e. The van der Waals surface area contributed by atoms with Gasteiger partial charge in [0.05, 0.1) is 32.0 Å². The fourth-order valence-corrected chi connectivity index (χ4v) is 4.74. The van der Waals surface area contributed by atoms with Gasteiger partial charge in [0.1, 0.15) is 0 Å². The van der Waals surface area contributed by atoms with Crippen LogP contribution in [0.5, 0.6) is 0 Å². The first-order chi connectivity index (χ1) is 12.3. The lowest BCUT2D eigenvalue weighted by molar-refractivity contribution is -0.0121. The SMILES string of the molecule is O[C@@H]1C[C@H](OCc2ccc(-c3ccccc3)s2)C[C@H]1N1CCOCC1. The summed E-state index contributed by atoms with van der Waals surface area (Å²) in [5.74, 6) is 0. The molecule has 1 aromatic heterocycles. The number of benzene rings is 1. The number of thiophene rings is 1. The van der Waals surface area contributed by atoms with Crippen molar-refractivity contribution in [2.45, 2.75) is 37.7 Å². The Balaban J connectivity index is 1.31. The van der Waals surface area contributed by atoms with Crippen molar-refractivity contribution >= 4 is 11.3 Å². The van der Waals surface area contributed by atoms with E-state index in [1.165, 1.54) is 15.3 Å². The fourth-order valence-electron chi connectivity index (χ4n) is 3.80. The molecule has 1 aliphatic heterocycles. The lowest BCUT2D eigenvalue weighted by Crippen LogP contribution is -2.46. The maximum atomic E-state index is 10.4. The van der Waals surface area contributed by atoms with Gasteiger partial charge >= 0.3 is 0 Å². The molecule has 5 heteroatoms. The second-order valence-electron chi connectivity index (χ2n) is 6.82. The Hall–Kier alpha value is -1.24. The number of aliphatic hydroxyl groups excluding tert-OH is 1. The van der Waals surface area contributed by atoms with E-state index in [2.05, 4.69) is 41.3 Å². The van der Waals surface area contributed by atoms with Crippen molar-refractivity contribution in [3.8, 4) is 10.4 Å². The quantitative estimate of drug-likeness (QED) is 0.890. The molecule has 2 fully saturated rings. The minimum absolute atomic E-state index is 0.144. The summed E-state index contributed by atoms with van der Waals surface area (Å²) in [6, 6.07) is 15.0. The van der Waals surface area contributed by atoms with Crippen LogP contribution >= 0.6 is 11.3 Å². The molecule has 25 heavy (non-hydrogen) atoms. The van der Waals surface area contributed by atoms with Crippen LogP contribution < -0.4 is 0 Å². The second kappa shape index (κ2) is 7.98. The summed E-state index contributed by atoms with van der Waals surface area (Å²) in [5.41, 5.74) is 1.25. The molecule has 0 amide bonds. The van der Waals surface area contributed by atoms with Gasteiger partial charge < -0.3 is 14.6 Å². The summed E-state index contributed by atoms with van der Waals surface area (Å²) < 4.78 is 11.5. The molecule has 1 N–H and O–H groups in total. The minimum Gasteiger partial charge on any atom is -0.391 e. The van der Waals surface area contributed by atoms with Gasteiger partial charge in [-0.15, -0.1) is 11.3 Å². The van der Waals surface area contributed by atoms with E-state index in [-0.39, 0.29) is 18.2 Å². The Morgan fingerprint density at radius 3 is 2.68 bits per heavy atom. The Morgan fingerprint density at radius 2 is 1.88 bits per heavy atom. The summed E-state index contributed by atoms with van der Waals surface area (Å²) in [6.45, 7) is 4.00. The largest absolute Gasteiger partial charge is 0.391 e. The van der Waals surface area contributed by atoms with Crippen molar-refractivity contribution < 1.29 is 14.6 Å². The van der Waals surface area contributed by atoms with Crippen LogP contribution in [0.1, 0.15) is 17.7 Å². The normalized spacial score (nSPS) is 27.6. The van der Waals surface area contributed by atoms with Crippen molar-refractivity contribution in [2.24, 2.45) is 0 Å². The molecule has 1 saturated heterocycles. The number of morpholine rings is 1. The van der Waals surface area contributed by atoms with Crippen molar-refractivity contribution in [3.05, 3.63) is 47.3 Å². The molecule has 1 aliphatic carbocycles. The molecule has 2 heterocycles. The number of aliphatic hydroxyl groups is 1. The van der Waals surface area contributed by atoms with E-state index >= 15 is 0 Å². The van der Waals surface area contributed by atoms with E-state index in [1.54, 1.807) is 11.3 Å². The lowest BCUT2D eigenvalue weighted by atomic mass is 10.1. The zero-order valence-electron chi connectivity index (χ0n) is 14.3. The highest BCUT2D eigenvalue weighted by molar-refractivity contribution is 7.15. The van der Waals surface area contributed by atoms with E-state index in [4.69, 9.17) is 9.47 Å². The Bertz CT molecular complexity index is 669. The molecule has 0 spiro atoms. The van der Waals surface area contributed by atoms with E-state index in [0.29, 0.717) is 6.61 Å². The monoisotopic (exact) mass is 359 g/mol. The third kappa shape index (κ3) is 4.13. The Morgan fingerprint density at radius 1 is 1.08 bits per heavy atom. The van der Waals surface area contributed by atoms with Crippen molar-refractivity contribution in [1.29, 1.82) is 0 Å². The van der Waals surface area contributed by atoms with Crippen molar-refractivity contribution in [3.63, 3.8) is 0 Å². The van der Waals surface area contributed by atoms with E-state index < -0.39 is 0 Å². The highest BCUT2D eigenvalue weighted by atomic mass is 32.1. The first kappa shape index (κ1) is 17.2. The van der Waals surface area contributed by atoms with Gasteiger partial charge in [-0.05, 0) is 24.1 Å². The highest BCUT2D eigenvalue weighted by Gasteiger charge is 2.37. The number of ether oxygens (including phenoxy) is 2. The van der Waals surface area contributed by atoms with E-state index in [0.717, 1.165) is 39.1 Å².